The first-order chi connectivity index (χ1) is 15.6. The van der Waals surface area contributed by atoms with Crippen LogP contribution in [0, 0.1) is 27.7 Å². The van der Waals surface area contributed by atoms with Crippen LogP contribution in [0.2, 0.25) is 0 Å². The van der Waals surface area contributed by atoms with E-state index in [1.54, 1.807) is 43.3 Å². The van der Waals surface area contributed by atoms with E-state index >= 15 is 0 Å². The van der Waals surface area contributed by atoms with Crippen molar-refractivity contribution in [2.45, 2.75) is 39.5 Å². The van der Waals surface area contributed by atoms with Crippen LogP contribution in [0.1, 0.15) is 34.7 Å². The molecule has 0 bridgehead atoms. The van der Waals surface area contributed by atoms with Crippen LogP contribution in [0.4, 0.5) is 5.69 Å². The standard InChI is InChI=1S/C26H29N3O3S/c1-18-6-10-23(11-7-18)22(5)27-28-26(30)17-29(24-15-20(3)14-21(4)16-24)33(31,32)25-12-8-19(2)9-13-25/h6-16H,17H2,1-5H3,(H,28,30)/b27-22-. The molecule has 0 radical (unpaired) electrons. The minimum Gasteiger partial charge on any atom is -0.271 e. The Morgan fingerprint density at radius 3 is 1.88 bits per heavy atom. The molecule has 0 aromatic heterocycles. The lowest BCUT2D eigenvalue weighted by Gasteiger charge is -2.24. The molecule has 1 N–H and O–H groups in total. The lowest BCUT2D eigenvalue weighted by Crippen LogP contribution is -2.39. The zero-order valence-corrected chi connectivity index (χ0v) is 20.4. The maximum Gasteiger partial charge on any atom is 0.264 e. The first-order valence-electron chi connectivity index (χ1n) is 10.6. The number of rotatable bonds is 7. The molecule has 0 aliphatic heterocycles. The minimum absolute atomic E-state index is 0.124. The number of nitrogens with zero attached hydrogens (tertiary/aromatic N) is 2. The van der Waals surface area contributed by atoms with Crippen molar-refractivity contribution >= 4 is 27.3 Å². The lowest BCUT2D eigenvalue weighted by atomic mass is 10.1. The van der Waals surface area contributed by atoms with Crippen LogP contribution < -0.4 is 9.73 Å². The van der Waals surface area contributed by atoms with E-state index in [-0.39, 0.29) is 4.90 Å². The zero-order valence-electron chi connectivity index (χ0n) is 19.6. The van der Waals surface area contributed by atoms with Gasteiger partial charge in [-0.3, -0.25) is 9.10 Å². The third-order valence-corrected chi connectivity index (χ3v) is 7.00. The summed E-state index contributed by atoms with van der Waals surface area (Å²) in [6.07, 6.45) is 0. The van der Waals surface area contributed by atoms with Gasteiger partial charge < -0.3 is 0 Å². The summed E-state index contributed by atoms with van der Waals surface area (Å²) in [5.74, 6) is -0.531. The number of carbonyl (C=O) groups excluding carboxylic acids is 1. The van der Waals surface area contributed by atoms with Crippen LogP contribution in [-0.4, -0.2) is 26.6 Å². The molecule has 0 saturated heterocycles. The quantitative estimate of drug-likeness (QED) is 0.409. The summed E-state index contributed by atoms with van der Waals surface area (Å²) in [6.45, 7) is 9.05. The number of benzene rings is 3. The maximum absolute atomic E-state index is 13.5. The molecule has 0 spiro atoms. The van der Waals surface area contributed by atoms with Crippen LogP contribution in [0.5, 0.6) is 0 Å². The van der Waals surface area contributed by atoms with E-state index in [1.807, 2.05) is 58.0 Å². The Labute approximate surface area is 196 Å². The van der Waals surface area contributed by atoms with Crippen molar-refractivity contribution in [2.75, 3.05) is 10.8 Å². The van der Waals surface area contributed by atoms with Gasteiger partial charge in [0.25, 0.3) is 15.9 Å². The van der Waals surface area contributed by atoms with E-state index in [1.165, 1.54) is 0 Å². The maximum atomic E-state index is 13.5. The van der Waals surface area contributed by atoms with Crippen molar-refractivity contribution in [1.29, 1.82) is 0 Å². The van der Waals surface area contributed by atoms with Gasteiger partial charge in [0.15, 0.2) is 0 Å². The number of amides is 1. The number of carbonyl (C=O) groups is 1. The third kappa shape index (κ3) is 6.08. The Hall–Kier alpha value is -3.45. The molecule has 0 aliphatic rings. The number of nitrogens with one attached hydrogen (secondary N) is 1. The highest BCUT2D eigenvalue weighted by Crippen LogP contribution is 2.26. The minimum atomic E-state index is -3.97. The summed E-state index contributed by atoms with van der Waals surface area (Å²) in [5, 5.41) is 4.17. The van der Waals surface area contributed by atoms with Crippen molar-refractivity contribution in [3.8, 4) is 0 Å². The van der Waals surface area contributed by atoms with Crippen molar-refractivity contribution in [3.05, 3.63) is 94.5 Å². The zero-order chi connectivity index (χ0) is 24.2. The van der Waals surface area contributed by atoms with Crippen LogP contribution in [0.15, 0.2) is 76.7 Å². The predicted molar refractivity (Wildman–Crippen MR) is 133 cm³/mol. The average Bonchev–Trinajstić information content (AvgIpc) is 2.75. The summed E-state index contributed by atoms with van der Waals surface area (Å²) in [7, 11) is -3.97. The van der Waals surface area contributed by atoms with E-state index in [0.717, 1.165) is 32.1 Å². The van der Waals surface area contributed by atoms with Gasteiger partial charge in [-0.15, -0.1) is 0 Å². The summed E-state index contributed by atoms with van der Waals surface area (Å²) >= 11 is 0. The number of hydrazone groups is 1. The van der Waals surface area contributed by atoms with E-state index < -0.39 is 22.5 Å². The van der Waals surface area contributed by atoms with E-state index in [2.05, 4.69) is 10.5 Å². The highest BCUT2D eigenvalue weighted by Gasteiger charge is 2.27. The Kier molecular flexibility index (Phi) is 7.33. The molecule has 0 saturated carbocycles. The highest BCUT2D eigenvalue weighted by atomic mass is 32.2. The van der Waals surface area contributed by atoms with Gasteiger partial charge in [0, 0.05) is 0 Å². The second-order valence-corrected chi connectivity index (χ2v) is 10.1. The van der Waals surface area contributed by atoms with Gasteiger partial charge in [0.2, 0.25) is 0 Å². The van der Waals surface area contributed by atoms with Crippen molar-refractivity contribution in [3.63, 3.8) is 0 Å². The van der Waals surface area contributed by atoms with E-state index in [0.29, 0.717) is 11.4 Å². The number of sulfonamides is 1. The molecule has 33 heavy (non-hydrogen) atoms. The lowest BCUT2D eigenvalue weighted by molar-refractivity contribution is -0.119. The summed E-state index contributed by atoms with van der Waals surface area (Å²) < 4.78 is 28.1. The largest absolute Gasteiger partial charge is 0.271 e. The molecule has 0 atom stereocenters. The predicted octanol–water partition coefficient (Wildman–Crippen LogP) is 4.66. The van der Waals surface area contributed by atoms with Gasteiger partial charge in [-0.25, -0.2) is 13.8 Å². The van der Waals surface area contributed by atoms with Gasteiger partial charge in [0.05, 0.1) is 16.3 Å². The molecule has 3 aromatic carbocycles. The first-order valence-corrected chi connectivity index (χ1v) is 12.1. The second kappa shape index (κ2) is 10.0. The molecule has 1 amide bonds. The van der Waals surface area contributed by atoms with Gasteiger partial charge >= 0.3 is 0 Å². The van der Waals surface area contributed by atoms with Gasteiger partial charge in [0.1, 0.15) is 6.54 Å². The van der Waals surface area contributed by atoms with Gasteiger partial charge in [-0.2, -0.15) is 5.10 Å². The van der Waals surface area contributed by atoms with E-state index in [9.17, 15) is 13.2 Å². The molecule has 3 rings (SSSR count). The summed E-state index contributed by atoms with van der Waals surface area (Å²) in [4.78, 5) is 12.9. The monoisotopic (exact) mass is 463 g/mol. The number of anilines is 1. The Morgan fingerprint density at radius 1 is 0.818 bits per heavy atom. The third-order valence-electron chi connectivity index (χ3n) is 5.21. The van der Waals surface area contributed by atoms with Crippen LogP contribution in [0.25, 0.3) is 0 Å². The fourth-order valence-electron chi connectivity index (χ4n) is 3.42. The molecule has 0 unspecified atom stereocenters. The van der Waals surface area contributed by atoms with Gasteiger partial charge in [-0.1, -0.05) is 53.6 Å². The first kappa shape index (κ1) is 24.2. The topological polar surface area (TPSA) is 78.8 Å². The van der Waals surface area contributed by atoms with Crippen molar-refractivity contribution in [2.24, 2.45) is 5.10 Å². The summed E-state index contributed by atoms with van der Waals surface area (Å²) in [6, 6.07) is 19.8. The summed E-state index contributed by atoms with van der Waals surface area (Å²) in [5.41, 5.74) is 8.32. The average molecular weight is 464 g/mol. The smallest absolute Gasteiger partial charge is 0.264 e. The molecular weight excluding hydrogens is 434 g/mol. The number of aryl methyl sites for hydroxylation is 4. The molecule has 0 heterocycles. The molecule has 6 nitrogen and oxygen atoms in total. The molecule has 3 aromatic rings. The SMILES string of the molecule is C/C(=N/NC(=O)CN(c1cc(C)cc(C)c1)S(=O)(=O)c1ccc(C)cc1)c1ccc(C)cc1. The normalized spacial score (nSPS) is 11.8. The van der Waals surface area contributed by atoms with Crippen LogP contribution in [-0.2, 0) is 14.8 Å². The van der Waals surface area contributed by atoms with Crippen molar-refractivity contribution < 1.29 is 13.2 Å². The molecule has 172 valence electrons. The van der Waals surface area contributed by atoms with E-state index in [4.69, 9.17) is 0 Å². The Bertz CT molecular complexity index is 1260. The fraction of sp³-hybridized carbons (Fsp3) is 0.231. The fourth-order valence-corrected chi connectivity index (χ4v) is 4.82. The second-order valence-electron chi connectivity index (χ2n) is 8.27. The van der Waals surface area contributed by atoms with Crippen LogP contribution in [0.3, 0.4) is 0 Å². The Balaban J connectivity index is 1.91. The molecule has 0 fully saturated rings. The molecular formula is C26H29N3O3S. The van der Waals surface area contributed by atoms with Gasteiger partial charge in [-0.05, 0) is 75.6 Å². The van der Waals surface area contributed by atoms with Crippen molar-refractivity contribution in [1.82, 2.24) is 5.43 Å². The molecule has 7 heteroatoms. The number of hydrogen-bond acceptors (Lipinski definition) is 4. The molecule has 0 aliphatic carbocycles. The number of hydrogen-bond donors (Lipinski definition) is 1. The van der Waals surface area contributed by atoms with Crippen LogP contribution >= 0.6 is 0 Å². The highest BCUT2D eigenvalue weighted by molar-refractivity contribution is 7.92. The Morgan fingerprint density at radius 2 is 1.33 bits per heavy atom.